The number of fused-ring (bicyclic) bond motifs is 1. The van der Waals surface area contributed by atoms with Crippen molar-refractivity contribution in [2.45, 2.75) is 12.0 Å². The molecule has 7 nitrogen and oxygen atoms in total. The van der Waals surface area contributed by atoms with Gasteiger partial charge >= 0.3 is 11.9 Å². The molecule has 0 saturated carbocycles. The Balaban J connectivity index is 2.61. The van der Waals surface area contributed by atoms with Gasteiger partial charge in [-0.15, -0.1) is 0 Å². The molecule has 1 aromatic carbocycles. The quantitative estimate of drug-likeness (QED) is 0.578. The lowest BCUT2D eigenvalue weighted by molar-refractivity contribution is -0.156. The second-order valence-electron chi connectivity index (χ2n) is 4.46. The standard InChI is InChI=1S/C13H12N2O5/c14-13(11(17)18,12(19)20)6-7-5-10(16)15-9-4-2-1-3-8(7)9/h1-5H,6,14H2,(H,15,16)(H,17,18)(H,19,20). The van der Waals surface area contributed by atoms with E-state index >= 15 is 0 Å². The van der Waals surface area contributed by atoms with E-state index in [9.17, 15) is 14.4 Å². The first-order valence-corrected chi connectivity index (χ1v) is 5.71. The normalized spacial score (nSPS) is 11.4. The molecule has 0 fully saturated rings. The predicted molar refractivity (Wildman–Crippen MR) is 70.5 cm³/mol. The van der Waals surface area contributed by atoms with E-state index in [0.29, 0.717) is 10.9 Å². The third-order valence-corrected chi connectivity index (χ3v) is 3.07. The van der Waals surface area contributed by atoms with Gasteiger partial charge in [0.05, 0.1) is 0 Å². The Hall–Kier alpha value is -2.67. The first-order valence-electron chi connectivity index (χ1n) is 5.71. The maximum Gasteiger partial charge on any atom is 0.335 e. The van der Waals surface area contributed by atoms with Crippen molar-refractivity contribution in [3.05, 3.63) is 46.2 Å². The van der Waals surface area contributed by atoms with Gasteiger partial charge in [0, 0.05) is 23.4 Å². The number of benzene rings is 1. The lowest BCUT2D eigenvalue weighted by atomic mass is 9.90. The molecule has 0 spiro atoms. The monoisotopic (exact) mass is 276 g/mol. The molecule has 0 atom stereocenters. The summed E-state index contributed by atoms with van der Waals surface area (Å²) in [4.78, 5) is 36.3. The van der Waals surface area contributed by atoms with Crippen molar-refractivity contribution < 1.29 is 19.8 Å². The van der Waals surface area contributed by atoms with Crippen LogP contribution in [-0.4, -0.2) is 32.7 Å². The Labute approximate surface area is 112 Å². The molecule has 0 aliphatic carbocycles. The van der Waals surface area contributed by atoms with Crippen LogP contribution in [0.4, 0.5) is 0 Å². The summed E-state index contributed by atoms with van der Waals surface area (Å²) in [5, 5.41) is 18.6. The van der Waals surface area contributed by atoms with Crippen LogP contribution in [0, 0.1) is 0 Å². The Kier molecular flexibility index (Phi) is 3.29. The summed E-state index contributed by atoms with van der Waals surface area (Å²) in [6.07, 6.45) is -0.484. The lowest BCUT2D eigenvalue weighted by Gasteiger charge is -2.20. The van der Waals surface area contributed by atoms with Gasteiger partial charge in [-0.05, 0) is 11.6 Å². The van der Waals surface area contributed by atoms with Crippen molar-refractivity contribution in [3.63, 3.8) is 0 Å². The van der Waals surface area contributed by atoms with Crippen LogP contribution >= 0.6 is 0 Å². The molecule has 7 heteroatoms. The third kappa shape index (κ3) is 2.26. The molecule has 1 aromatic heterocycles. The van der Waals surface area contributed by atoms with Gasteiger partial charge < -0.3 is 20.9 Å². The number of carboxylic acid groups (broad SMARTS) is 2. The van der Waals surface area contributed by atoms with Crippen LogP contribution in [0.1, 0.15) is 5.56 Å². The minimum atomic E-state index is -2.48. The van der Waals surface area contributed by atoms with Crippen LogP contribution in [0.15, 0.2) is 35.1 Å². The molecule has 5 N–H and O–H groups in total. The highest BCUT2D eigenvalue weighted by atomic mass is 16.4. The molecule has 0 bridgehead atoms. The third-order valence-electron chi connectivity index (χ3n) is 3.07. The van der Waals surface area contributed by atoms with Gasteiger partial charge in [0.25, 0.3) is 0 Å². The Bertz CT molecular complexity index is 736. The van der Waals surface area contributed by atoms with E-state index in [0.717, 1.165) is 6.07 Å². The van der Waals surface area contributed by atoms with Gasteiger partial charge in [0.1, 0.15) is 0 Å². The van der Waals surface area contributed by atoms with Crippen molar-refractivity contribution in [1.82, 2.24) is 4.98 Å². The second-order valence-corrected chi connectivity index (χ2v) is 4.46. The van der Waals surface area contributed by atoms with Gasteiger partial charge in [-0.3, -0.25) is 4.79 Å². The number of aromatic amines is 1. The number of H-pyrrole nitrogens is 1. The predicted octanol–water partition coefficient (Wildman–Crippen LogP) is -0.0627. The molecule has 104 valence electrons. The van der Waals surface area contributed by atoms with Crippen molar-refractivity contribution >= 4 is 22.8 Å². The largest absolute Gasteiger partial charge is 0.479 e. The Morgan fingerprint density at radius 3 is 2.40 bits per heavy atom. The number of nitrogens with one attached hydrogen (secondary N) is 1. The minimum absolute atomic E-state index is 0.275. The van der Waals surface area contributed by atoms with Crippen molar-refractivity contribution in [2.24, 2.45) is 5.73 Å². The fraction of sp³-hybridized carbons (Fsp3) is 0.154. The van der Waals surface area contributed by atoms with Gasteiger partial charge in [-0.25, -0.2) is 9.59 Å². The summed E-state index contributed by atoms with van der Waals surface area (Å²) in [5.74, 6) is -3.32. The van der Waals surface area contributed by atoms with E-state index in [1.807, 2.05) is 0 Å². The van der Waals surface area contributed by atoms with E-state index in [1.165, 1.54) is 0 Å². The van der Waals surface area contributed by atoms with Gasteiger partial charge in [-0.1, -0.05) is 18.2 Å². The maximum absolute atomic E-state index is 11.5. The van der Waals surface area contributed by atoms with Crippen LogP contribution in [0.3, 0.4) is 0 Å². The van der Waals surface area contributed by atoms with Gasteiger partial charge in [0.15, 0.2) is 0 Å². The highest BCUT2D eigenvalue weighted by Crippen LogP contribution is 2.19. The average molecular weight is 276 g/mol. The molecule has 0 unspecified atom stereocenters. The van der Waals surface area contributed by atoms with Crippen LogP contribution in [0.2, 0.25) is 0 Å². The second kappa shape index (κ2) is 4.78. The number of aromatic nitrogens is 1. The molecule has 1 heterocycles. The first kappa shape index (κ1) is 13.8. The number of rotatable bonds is 4. The number of hydrogen-bond acceptors (Lipinski definition) is 4. The number of carbonyl (C=O) groups is 2. The molecule has 0 aliphatic heterocycles. The molecule has 2 rings (SSSR count). The van der Waals surface area contributed by atoms with Gasteiger partial charge in [0.2, 0.25) is 11.1 Å². The highest BCUT2D eigenvalue weighted by Gasteiger charge is 2.43. The van der Waals surface area contributed by atoms with Crippen LogP contribution < -0.4 is 11.3 Å². The first-order chi connectivity index (χ1) is 9.34. The molecule has 0 saturated heterocycles. The lowest BCUT2D eigenvalue weighted by Crippen LogP contribution is -2.56. The number of aliphatic carboxylic acids is 2. The number of pyridine rings is 1. The number of nitrogens with two attached hydrogens (primary N) is 1. The van der Waals surface area contributed by atoms with E-state index in [2.05, 4.69) is 4.98 Å². The van der Waals surface area contributed by atoms with E-state index in [4.69, 9.17) is 15.9 Å². The van der Waals surface area contributed by atoms with Crippen molar-refractivity contribution in [3.8, 4) is 0 Å². The molecule has 2 aromatic rings. The number of carboxylic acids is 2. The summed E-state index contributed by atoms with van der Waals surface area (Å²) in [6, 6.07) is 7.86. The molecular weight excluding hydrogens is 264 g/mol. The zero-order valence-corrected chi connectivity index (χ0v) is 10.3. The van der Waals surface area contributed by atoms with Crippen molar-refractivity contribution in [1.29, 1.82) is 0 Å². The molecule has 0 amide bonds. The molecular formula is C13H12N2O5. The topological polar surface area (TPSA) is 133 Å². The van der Waals surface area contributed by atoms with E-state index in [1.54, 1.807) is 24.3 Å². The van der Waals surface area contributed by atoms with Crippen LogP contribution in [0.25, 0.3) is 10.9 Å². The van der Waals surface area contributed by atoms with E-state index < -0.39 is 29.5 Å². The maximum atomic E-state index is 11.5. The highest BCUT2D eigenvalue weighted by molar-refractivity contribution is 6.03. The van der Waals surface area contributed by atoms with Crippen LogP contribution in [0.5, 0.6) is 0 Å². The fourth-order valence-electron chi connectivity index (χ4n) is 1.97. The zero-order chi connectivity index (χ0) is 14.9. The fourth-order valence-corrected chi connectivity index (χ4v) is 1.97. The Morgan fingerprint density at radius 1 is 1.20 bits per heavy atom. The smallest absolute Gasteiger partial charge is 0.335 e. The zero-order valence-electron chi connectivity index (χ0n) is 10.3. The molecule has 0 radical (unpaired) electrons. The van der Waals surface area contributed by atoms with Crippen molar-refractivity contribution in [2.75, 3.05) is 0 Å². The summed E-state index contributed by atoms with van der Waals surface area (Å²) < 4.78 is 0. The number of para-hydroxylation sites is 1. The summed E-state index contributed by atoms with van der Waals surface area (Å²) in [5.41, 5.74) is 3.29. The summed E-state index contributed by atoms with van der Waals surface area (Å²) >= 11 is 0. The summed E-state index contributed by atoms with van der Waals surface area (Å²) in [7, 11) is 0. The average Bonchev–Trinajstić information content (AvgIpc) is 2.37. The van der Waals surface area contributed by atoms with E-state index in [-0.39, 0.29) is 5.56 Å². The molecule has 20 heavy (non-hydrogen) atoms. The van der Waals surface area contributed by atoms with Gasteiger partial charge in [-0.2, -0.15) is 0 Å². The minimum Gasteiger partial charge on any atom is -0.479 e. The number of hydrogen-bond donors (Lipinski definition) is 4. The molecule has 0 aliphatic rings. The Morgan fingerprint density at radius 2 is 1.80 bits per heavy atom. The van der Waals surface area contributed by atoms with Crippen LogP contribution in [-0.2, 0) is 16.0 Å². The SMILES string of the molecule is NC(Cc1cc(=O)[nH]c2ccccc12)(C(=O)O)C(=O)O. The summed E-state index contributed by atoms with van der Waals surface area (Å²) in [6.45, 7) is 0.